The monoisotopic (exact) mass is 321 g/mol. The van der Waals surface area contributed by atoms with Crippen LogP contribution >= 0.6 is 15.9 Å². The molecule has 2 aromatic carbocycles. The summed E-state index contributed by atoms with van der Waals surface area (Å²) >= 11 is 3.20. The van der Waals surface area contributed by atoms with Gasteiger partial charge < -0.3 is 10.5 Å². The predicted octanol–water partition coefficient (Wildman–Crippen LogP) is 4.11. The van der Waals surface area contributed by atoms with Crippen LogP contribution in [0.1, 0.15) is 29.7 Å². The molecule has 4 heteroatoms. The van der Waals surface area contributed by atoms with Gasteiger partial charge in [0.2, 0.25) is 0 Å². The van der Waals surface area contributed by atoms with Crippen LogP contribution < -0.4 is 10.5 Å². The Labute approximate surface area is 119 Å². The summed E-state index contributed by atoms with van der Waals surface area (Å²) in [5.74, 6) is 0.538. The van der Waals surface area contributed by atoms with Crippen molar-refractivity contribution in [2.45, 2.75) is 18.6 Å². The van der Waals surface area contributed by atoms with Gasteiger partial charge in [-0.2, -0.15) is 0 Å². The van der Waals surface area contributed by atoms with Crippen molar-refractivity contribution in [2.24, 2.45) is 5.73 Å². The molecular formula is C15H13BrFNO. The first-order valence-electron chi connectivity index (χ1n) is 6.11. The number of hydrogen-bond acceptors (Lipinski definition) is 2. The maximum atomic E-state index is 13.3. The van der Waals surface area contributed by atoms with E-state index in [0.717, 1.165) is 16.9 Å². The zero-order valence-electron chi connectivity index (χ0n) is 10.1. The lowest BCUT2D eigenvalue weighted by Gasteiger charge is -2.30. The lowest BCUT2D eigenvalue weighted by Crippen LogP contribution is -2.24. The first-order valence-corrected chi connectivity index (χ1v) is 6.90. The Kier molecular flexibility index (Phi) is 3.29. The minimum atomic E-state index is -0.274. The summed E-state index contributed by atoms with van der Waals surface area (Å²) < 4.78 is 19.7. The topological polar surface area (TPSA) is 35.2 Å². The second-order valence-electron chi connectivity index (χ2n) is 4.66. The fourth-order valence-corrected chi connectivity index (χ4v) is 2.77. The molecule has 0 saturated heterocycles. The highest BCUT2D eigenvalue weighted by Gasteiger charge is 2.27. The highest BCUT2D eigenvalue weighted by Crippen LogP contribution is 2.39. The normalized spacial score (nSPS) is 21.6. The molecule has 0 aromatic heterocycles. The van der Waals surface area contributed by atoms with E-state index in [0.29, 0.717) is 10.9 Å². The van der Waals surface area contributed by atoms with Crippen LogP contribution in [-0.4, -0.2) is 0 Å². The molecule has 0 radical (unpaired) electrons. The molecule has 0 amide bonds. The standard InChI is InChI=1S/C15H13BrFNO/c16-11-7-9(5-6-12(11)17)15-8-13(18)10-3-1-2-4-14(10)19-15/h1-7,13,15H,8,18H2. The molecule has 2 aromatic rings. The molecule has 1 heterocycles. The molecule has 2 atom stereocenters. The fourth-order valence-electron chi connectivity index (χ4n) is 2.37. The number of rotatable bonds is 1. The van der Waals surface area contributed by atoms with E-state index < -0.39 is 0 Å². The van der Waals surface area contributed by atoms with Gasteiger partial charge in [0.1, 0.15) is 17.7 Å². The summed E-state index contributed by atoms with van der Waals surface area (Å²) in [6, 6.07) is 12.7. The third-order valence-electron chi connectivity index (χ3n) is 3.37. The maximum Gasteiger partial charge on any atom is 0.137 e. The van der Waals surface area contributed by atoms with Crippen molar-refractivity contribution in [1.82, 2.24) is 0 Å². The molecule has 0 saturated carbocycles. The number of benzene rings is 2. The van der Waals surface area contributed by atoms with Gasteiger partial charge in [0.05, 0.1) is 4.47 Å². The average molecular weight is 322 g/mol. The van der Waals surface area contributed by atoms with Crippen molar-refractivity contribution in [3.63, 3.8) is 0 Å². The van der Waals surface area contributed by atoms with Crippen LogP contribution in [0, 0.1) is 5.82 Å². The molecule has 98 valence electrons. The Morgan fingerprint density at radius 3 is 2.79 bits per heavy atom. The largest absolute Gasteiger partial charge is 0.485 e. The number of halogens is 2. The van der Waals surface area contributed by atoms with Crippen molar-refractivity contribution < 1.29 is 9.13 Å². The number of fused-ring (bicyclic) bond motifs is 1. The van der Waals surface area contributed by atoms with Crippen molar-refractivity contribution in [3.05, 3.63) is 63.9 Å². The summed E-state index contributed by atoms with van der Waals surface area (Å²) in [6.45, 7) is 0. The molecule has 0 fully saturated rings. The summed E-state index contributed by atoms with van der Waals surface area (Å²) in [7, 11) is 0. The summed E-state index contributed by atoms with van der Waals surface area (Å²) in [6.07, 6.45) is 0.552. The number of nitrogens with two attached hydrogens (primary N) is 1. The van der Waals surface area contributed by atoms with E-state index in [1.807, 2.05) is 24.3 Å². The minimum absolute atomic E-state index is 0.0567. The van der Waals surface area contributed by atoms with Crippen LogP contribution in [0.2, 0.25) is 0 Å². The second-order valence-corrected chi connectivity index (χ2v) is 5.51. The number of ether oxygens (including phenoxy) is 1. The third kappa shape index (κ3) is 2.38. The Hall–Kier alpha value is -1.39. The molecule has 2 unspecified atom stereocenters. The predicted molar refractivity (Wildman–Crippen MR) is 75.5 cm³/mol. The molecule has 0 spiro atoms. The highest BCUT2D eigenvalue weighted by molar-refractivity contribution is 9.10. The average Bonchev–Trinajstić information content (AvgIpc) is 2.42. The zero-order valence-corrected chi connectivity index (χ0v) is 11.7. The minimum Gasteiger partial charge on any atom is -0.485 e. The molecule has 0 aliphatic carbocycles. The molecule has 19 heavy (non-hydrogen) atoms. The third-order valence-corrected chi connectivity index (χ3v) is 3.98. The van der Waals surface area contributed by atoms with Crippen molar-refractivity contribution in [2.75, 3.05) is 0 Å². The fraction of sp³-hybridized carbons (Fsp3) is 0.200. The van der Waals surface area contributed by atoms with Gasteiger partial charge in [-0.3, -0.25) is 0 Å². The first-order chi connectivity index (χ1) is 9.15. The lowest BCUT2D eigenvalue weighted by atomic mass is 9.94. The zero-order chi connectivity index (χ0) is 13.4. The van der Waals surface area contributed by atoms with Crippen LogP contribution in [0.4, 0.5) is 4.39 Å². The van der Waals surface area contributed by atoms with Crippen molar-refractivity contribution in [3.8, 4) is 5.75 Å². The summed E-state index contributed by atoms with van der Waals surface area (Å²) in [5.41, 5.74) is 8.13. The molecule has 2 N–H and O–H groups in total. The molecular weight excluding hydrogens is 309 g/mol. The van der Waals surface area contributed by atoms with Crippen LogP contribution in [0.5, 0.6) is 5.75 Å². The van der Waals surface area contributed by atoms with Crippen LogP contribution in [-0.2, 0) is 0 Å². The smallest absolute Gasteiger partial charge is 0.137 e. The van der Waals surface area contributed by atoms with Crippen molar-refractivity contribution >= 4 is 15.9 Å². The Balaban J connectivity index is 1.94. The van der Waals surface area contributed by atoms with Gasteiger partial charge in [-0.1, -0.05) is 24.3 Å². The number of para-hydroxylation sites is 1. The molecule has 0 bridgehead atoms. The van der Waals surface area contributed by atoms with Gasteiger partial charge >= 0.3 is 0 Å². The van der Waals surface area contributed by atoms with Gasteiger partial charge in [-0.05, 0) is 39.7 Å². The van der Waals surface area contributed by atoms with E-state index in [4.69, 9.17) is 10.5 Å². The van der Waals surface area contributed by atoms with E-state index in [9.17, 15) is 4.39 Å². The van der Waals surface area contributed by atoms with Gasteiger partial charge in [0.15, 0.2) is 0 Å². The molecule has 1 aliphatic heterocycles. The number of hydrogen-bond donors (Lipinski definition) is 1. The summed E-state index contributed by atoms with van der Waals surface area (Å²) in [4.78, 5) is 0. The van der Waals surface area contributed by atoms with Crippen molar-refractivity contribution in [1.29, 1.82) is 0 Å². The van der Waals surface area contributed by atoms with E-state index in [1.165, 1.54) is 6.07 Å². The molecule has 3 rings (SSSR count). The Morgan fingerprint density at radius 2 is 2.00 bits per heavy atom. The van der Waals surface area contributed by atoms with Gasteiger partial charge in [0.25, 0.3) is 0 Å². The maximum absolute atomic E-state index is 13.3. The lowest BCUT2D eigenvalue weighted by molar-refractivity contribution is 0.161. The highest BCUT2D eigenvalue weighted by atomic mass is 79.9. The van der Waals surface area contributed by atoms with Crippen LogP contribution in [0.3, 0.4) is 0 Å². The van der Waals surface area contributed by atoms with E-state index in [2.05, 4.69) is 15.9 Å². The van der Waals surface area contributed by atoms with E-state index in [-0.39, 0.29) is 18.0 Å². The molecule has 2 nitrogen and oxygen atoms in total. The SMILES string of the molecule is NC1CC(c2ccc(F)c(Br)c2)Oc2ccccc21. The van der Waals surface area contributed by atoms with Gasteiger partial charge in [0, 0.05) is 18.0 Å². The molecule has 1 aliphatic rings. The second kappa shape index (κ2) is 4.94. The van der Waals surface area contributed by atoms with Crippen LogP contribution in [0.15, 0.2) is 46.9 Å². The Morgan fingerprint density at radius 1 is 1.21 bits per heavy atom. The first kappa shape index (κ1) is 12.6. The van der Waals surface area contributed by atoms with E-state index in [1.54, 1.807) is 12.1 Å². The Bertz CT molecular complexity index is 617. The van der Waals surface area contributed by atoms with Gasteiger partial charge in [-0.15, -0.1) is 0 Å². The quantitative estimate of drug-likeness (QED) is 0.857. The van der Waals surface area contributed by atoms with Gasteiger partial charge in [-0.25, -0.2) is 4.39 Å². The summed E-state index contributed by atoms with van der Waals surface area (Å²) in [5, 5.41) is 0. The van der Waals surface area contributed by atoms with E-state index >= 15 is 0 Å². The van der Waals surface area contributed by atoms with Crippen LogP contribution in [0.25, 0.3) is 0 Å².